The minimum absolute atomic E-state index is 0.259. The van der Waals surface area contributed by atoms with Crippen molar-refractivity contribution >= 4 is 31.9 Å². The lowest BCUT2D eigenvalue weighted by Crippen LogP contribution is -2.49. The second kappa shape index (κ2) is 6.77. The molecule has 20 heavy (non-hydrogen) atoms. The van der Waals surface area contributed by atoms with Crippen LogP contribution >= 0.6 is 31.9 Å². The molecule has 0 heterocycles. The van der Waals surface area contributed by atoms with E-state index in [-0.39, 0.29) is 5.75 Å². The van der Waals surface area contributed by atoms with Crippen LogP contribution in [0, 0.1) is 0 Å². The third-order valence-corrected chi connectivity index (χ3v) is 5.55. The van der Waals surface area contributed by atoms with Gasteiger partial charge in [0.25, 0.3) is 0 Å². The van der Waals surface area contributed by atoms with E-state index < -0.39 is 0 Å². The van der Waals surface area contributed by atoms with Crippen LogP contribution in [-0.4, -0.2) is 36.2 Å². The van der Waals surface area contributed by atoms with E-state index in [9.17, 15) is 5.11 Å². The fourth-order valence-corrected chi connectivity index (χ4v) is 4.26. The standard InChI is InChI=1S/C15H22Br2N2O/c1-19(2)15(5-3-4-6-15)10-18-9-11-7-12(16)14(20)13(17)8-11/h7-8,18,20H,3-6,9-10H2,1-2H3. The van der Waals surface area contributed by atoms with E-state index >= 15 is 0 Å². The van der Waals surface area contributed by atoms with Crippen molar-refractivity contribution in [3.8, 4) is 5.75 Å². The van der Waals surface area contributed by atoms with Crippen molar-refractivity contribution in [2.45, 2.75) is 37.8 Å². The molecule has 0 aliphatic heterocycles. The molecule has 1 aliphatic rings. The quantitative estimate of drug-likeness (QED) is 0.780. The predicted molar refractivity (Wildman–Crippen MR) is 90.1 cm³/mol. The lowest BCUT2D eigenvalue weighted by atomic mass is 9.96. The molecule has 0 radical (unpaired) electrons. The molecule has 1 aliphatic carbocycles. The summed E-state index contributed by atoms with van der Waals surface area (Å²) in [7, 11) is 4.36. The van der Waals surface area contributed by atoms with Gasteiger partial charge in [-0.1, -0.05) is 12.8 Å². The van der Waals surface area contributed by atoms with E-state index in [2.05, 4.69) is 56.2 Å². The third kappa shape index (κ3) is 3.56. The zero-order chi connectivity index (χ0) is 14.8. The zero-order valence-electron chi connectivity index (χ0n) is 12.0. The summed E-state index contributed by atoms with van der Waals surface area (Å²) < 4.78 is 1.46. The normalized spacial score (nSPS) is 17.9. The fraction of sp³-hybridized carbons (Fsp3) is 0.600. The van der Waals surface area contributed by atoms with Crippen LogP contribution in [0.2, 0.25) is 0 Å². The maximum absolute atomic E-state index is 9.72. The minimum Gasteiger partial charge on any atom is -0.506 e. The molecule has 0 bridgehead atoms. The number of aromatic hydroxyl groups is 1. The molecule has 0 atom stereocenters. The Balaban J connectivity index is 1.96. The van der Waals surface area contributed by atoms with Crippen molar-refractivity contribution in [1.29, 1.82) is 0 Å². The highest BCUT2D eigenvalue weighted by atomic mass is 79.9. The monoisotopic (exact) mass is 404 g/mol. The van der Waals surface area contributed by atoms with Gasteiger partial charge in [0.15, 0.2) is 0 Å². The first kappa shape index (κ1) is 16.3. The first-order valence-corrected chi connectivity index (χ1v) is 8.58. The lowest BCUT2D eigenvalue weighted by Gasteiger charge is -2.36. The summed E-state index contributed by atoms with van der Waals surface area (Å²) in [4.78, 5) is 2.37. The van der Waals surface area contributed by atoms with Crippen LogP contribution in [0.3, 0.4) is 0 Å². The molecule has 2 rings (SSSR count). The number of rotatable bonds is 5. The van der Waals surface area contributed by atoms with Crippen molar-refractivity contribution in [1.82, 2.24) is 10.2 Å². The first-order valence-electron chi connectivity index (χ1n) is 7.00. The number of nitrogens with zero attached hydrogens (tertiary/aromatic N) is 1. The Labute approximate surface area is 138 Å². The Hall–Kier alpha value is -0.100. The molecule has 0 spiro atoms. The third-order valence-electron chi connectivity index (χ3n) is 4.34. The number of likely N-dealkylation sites (N-methyl/N-ethyl adjacent to an activating group) is 1. The van der Waals surface area contributed by atoms with Gasteiger partial charge < -0.3 is 15.3 Å². The molecule has 112 valence electrons. The van der Waals surface area contributed by atoms with E-state index in [0.717, 1.165) is 27.6 Å². The van der Waals surface area contributed by atoms with Crippen molar-refractivity contribution in [3.63, 3.8) is 0 Å². The Morgan fingerprint density at radius 1 is 1.20 bits per heavy atom. The molecule has 1 saturated carbocycles. The van der Waals surface area contributed by atoms with E-state index in [0.29, 0.717) is 5.54 Å². The first-order chi connectivity index (χ1) is 9.44. The second-order valence-corrected chi connectivity index (χ2v) is 7.55. The number of phenols is 1. The number of hydrogen-bond donors (Lipinski definition) is 2. The average molecular weight is 406 g/mol. The van der Waals surface area contributed by atoms with Gasteiger partial charge in [-0.2, -0.15) is 0 Å². The van der Waals surface area contributed by atoms with Crippen LogP contribution in [0.15, 0.2) is 21.1 Å². The Bertz CT molecular complexity index is 448. The van der Waals surface area contributed by atoms with Gasteiger partial charge in [0.2, 0.25) is 0 Å². The topological polar surface area (TPSA) is 35.5 Å². The van der Waals surface area contributed by atoms with Gasteiger partial charge >= 0.3 is 0 Å². The van der Waals surface area contributed by atoms with Crippen LogP contribution < -0.4 is 5.32 Å². The maximum Gasteiger partial charge on any atom is 0.143 e. The number of hydrogen-bond acceptors (Lipinski definition) is 3. The predicted octanol–water partition coefficient (Wildman–Crippen LogP) is 3.88. The molecular formula is C15H22Br2N2O. The fourth-order valence-electron chi connectivity index (χ4n) is 2.97. The lowest BCUT2D eigenvalue weighted by molar-refractivity contribution is 0.153. The van der Waals surface area contributed by atoms with Gasteiger partial charge in [0, 0.05) is 18.6 Å². The van der Waals surface area contributed by atoms with E-state index in [1.165, 1.54) is 25.7 Å². The number of phenolic OH excluding ortho intramolecular Hbond substituents is 1. The van der Waals surface area contributed by atoms with Gasteiger partial charge in [-0.3, -0.25) is 0 Å². The Morgan fingerprint density at radius 3 is 2.25 bits per heavy atom. The molecule has 5 heteroatoms. The van der Waals surface area contributed by atoms with E-state index in [1.807, 2.05) is 12.1 Å². The molecule has 0 amide bonds. The van der Waals surface area contributed by atoms with Gasteiger partial charge in [-0.15, -0.1) is 0 Å². The number of benzene rings is 1. The van der Waals surface area contributed by atoms with Gasteiger partial charge in [-0.05, 0) is 76.5 Å². The van der Waals surface area contributed by atoms with Gasteiger partial charge in [0.05, 0.1) is 8.95 Å². The molecular weight excluding hydrogens is 384 g/mol. The van der Waals surface area contributed by atoms with Crippen molar-refractivity contribution in [3.05, 3.63) is 26.6 Å². The smallest absolute Gasteiger partial charge is 0.143 e. The van der Waals surface area contributed by atoms with E-state index in [4.69, 9.17) is 0 Å². The summed E-state index contributed by atoms with van der Waals surface area (Å²) in [6.45, 7) is 1.82. The Kier molecular flexibility index (Phi) is 5.51. The summed E-state index contributed by atoms with van der Waals surface area (Å²) in [5.74, 6) is 0.259. The van der Waals surface area contributed by atoms with Gasteiger partial charge in [-0.25, -0.2) is 0 Å². The van der Waals surface area contributed by atoms with Crippen LogP contribution in [-0.2, 0) is 6.54 Å². The molecule has 0 aromatic heterocycles. The molecule has 1 fully saturated rings. The molecule has 1 aromatic rings. The van der Waals surface area contributed by atoms with Crippen molar-refractivity contribution < 1.29 is 5.11 Å². The Morgan fingerprint density at radius 2 is 1.75 bits per heavy atom. The second-order valence-electron chi connectivity index (χ2n) is 5.84. The summed E-state index contributed by atoms with van der Waals surface area (Å²) in [6.07, 6.45) is 5.21. The number of halogens is 2. The van der Waals surface area contributed by atoms with Crippen molar-refractivity contribution in [2.75, 3.05) is 20.6 Å². The number of nitrogens with one attached hydrogen (secondary N) is 1. The van der Waals surface area contributed by atoms with Crippen LogP contribution in [0.5, 0.6) is 5.75 Å². The summed E-state index contributed by atoms with van der Waals surface area (Å²) in [5.41, 5.74) is 1.47. The zero-order valence-corrected chi connectivity index (χ0v) is 15.2. The van der Waals surface area contributed by atoms with Crippen LogP contribution in [0.4, 0.5) is 0 Å². The highest BCUT2D eigenvalue weighted by molar-refractivity contribution is 9.11. The molecule has 3 nitrogen and oxygen atoms in total. The largest absolute Gasteiger partial charge is 0.506 e. The highest BCUT2D eigenvalue weighted by Gasteiger charge is 2.35. The van der Waals surface area contributed by atoms with Crippen LogP contribution in [0.1, 0.15) is 31.2 Å². The average Bonchev–Trinajstić information content (AvgIpc) is 2.86. The molecule has 2 N–H and O–H groups in total. The van der Waals surface area contributed by atoms with Crippen LogP contribution in [0.25, 0.3) is 0 Å². The molecule has 0 saturated heterocycles. The maximum atomic E-state index is 9.72. The van der Waals surface area contributed by atoms with E-state index in [1.54, 1.807) is 0 Å². The summed E-state index contributed by atoms with van der Waals surface area (Å²) in [6, 6.07) is 3.92. The minimum atomic E-state index is 0.259. The highest BCUT2D eigenvalue weighted by Crippen LogP contribution is 2.34. The summed E-state index contributed by atoms with van der Waals surface area (Å²) >= 11 is 6.75. The van der Waals surface area contributed by atoms with Gasteiger partial charge in [0.1, 0.15) is 5.75 Å². The summed E-state index contributed by atoms with van der Waals surface area (Å²) in [5, 5.41) is 13.3. The van der Waals surface area contributed by atoms with Crippen molar-refractivity contribution in [2.24, 2.45) is 0 Å². The molecule has 1 aromatic carbocycles. The molecule has 0 unspecified atom stereocenters. The SMILES string of the molecule is CN(C)C1(CNCc2cc(Br)c(O)c(Br)c2)CCCC1.